The predicted molar refractivity (Wildman–Crippen MR) is 73.5 cm³/mol. The fourth-order valence-electron chi connectivity index (χ4n) is 3.30. The molecule has 1 amide bonds. The molecule has 4 nitrogen and oxygen atoms in total. The number of hydrogen-bond acceptors (Lipinski definition) is 3. The Balaban J connectivity index is 1.65. The van der Waals surface area contributed by atoms with E-state index in [9.17, 15) is 14.0 Å². The first-order valence-corrected chi connectivity index (χ1v) is 7.05. The molecule has 4 rings (SSSR count). The van der Waals surface area contributed by atoms with Gasteiger partial charge < -0.3 is 10.1 Å². The molecule has 1 aromatic rings. The Kier molecular flexibility index (Phi) is 2.90. The number of benzene rings is 1. The molecule has 0 saturated heterocycles. The van der Waals surface area contributed by atoms with Crippen LogP contribution in [0, 0.1) is 16.6 Å². The first-order chi connectivity index (χ1) is 9.41. The highest BCUT2D eigenvalue weighted by molar-refractivity contribution is 9.10. The van der Waals surface area contributed by atoms with Gasteiger partial charge in [-0.1, -0.05) is 0 Å². The van der Waals surface area contributed by atoms with Crippen LogP contribution in [0.2, 0.25) is 0 Å². The number of anilines is 1. The summed E-state index contributed by atoms with van der Waals surface area (Å²) in [7, 11) is 1.36. The highest BCUT2D eigenvalue weighted by Gasteiger charge is 2.75. The number of carbonyl (C=O) groups excluding carboxylic acids is 2. The van der Waals surface area contributed by atoms with Crippen molar-refractivity contribution in [3.8, 4) is 0 Å². The fourth-order valence-corrected chi connectivity index (χ4v) is 3.55. The Bertz CT molecular complexity index is 597. The van der Waals surface area contributed by atoms with Crippen molar-refractivity contribution in [2.24, 2.45) is 10.8 Å². The zero-order valence-electron chi connectivity index (χ0n) is 10.8. The van der Waals surface area contributed by atoms with E-state index in [0.717, 1.165) is 0 Å². The molecule has 0 aliphatic heterocycles. The molecule has 3 saturated carbocycles. The van der Waals surface area contributed by atoms with Crippen LogP contribution < -0.4 is 5.32 Å². The minimum absolute atomic E-state index is 0.148. The molecule has 0 heterocycles. The van der Waals surface area contributed by atoms with E-state index in [1.54, 1.807) is 12.1 Å². The van der Waals surface area contributed by atoms with Crippen molar-refractivity contribution >= 4 is 33.5 Å². The van der Waals surface area contributed by atoms with E-state index in [-0.39, 0.29) is 11.9 Å². The maximum absolute atomic E-state index is 13.4. The molecule has 106 valence electrons. The summed E-state index contributed by atoms with van der Waals surface area (Å²) in [5.41, 5.74) is -0.498. The molecule has 1 N–H and O–H groups in total. The van der Waals surface area contributed by atoms with Gasteiger partial charge in [-0.15, -0.1) is 0 Å². The Morgan fingerprint density at radius 2 is 1.95 bits per heavy atom. The van der Waals surface area contributed by atoms with Crippen molar-refractivity contribution in [2.45, 2.75) is 19.3 Å². The average molecular weight is 342 g/mol. The molecule has 1 aromatic carbocycles. The quantitative estimate of drug-likeness (QED) is 0.860. The molecule has 0 unspecified atom stereocenters. The monoisotopic (exact) mass is 341 g/mol. The summed E-state index contributed by atoms with van der Waals surface area (Å²) < 4.78 is 18.5. The average Bonchev–Trinajstić information content (AvgIpc) is 2.30. The summed E-state index contributed by atoms with van der Waals surface area (Å²) in [6.07, 6.45) is 1.58. The smallest absolute Gasteiger partial charge is 0.311 e. The molecular weight excluding hydrogens is 329 g/mol. The SMILES string of the molecule is COC(=O)C12CC(C(=O)Nc3ccc(Br)c(F)c3)(C1)C2. The van der Waals surface area contributed by atoms with Crippen LogP contribution in [0.1, 0.15) is 19.3 Å². The second-order valence-corrected chi connectivity index (χ2v) is 6.52. The Hall–Kier alpha value is -1.43. The van der Waals surface area contributed by atoms with Gasteiger partial charge >= 0.3 is 5.97 Å². The molecular formula is C14H13BrFNO3. The van der Waals surface area contributed by atoms with Crippen molar-refractivity contribution in [2.75, 3.05) is 12.4 Å². The van der Waals surface area contributed by atoms with E-state index in [2.05, 4.69) is 21.2 Å². The molecule has 0 aromatic heterocycles. The largest absolute Gasteiger partial charge is 0.469 e. The topological polar surface area (TPSA) is 55.4 Å². The molecule has 2 bridgehead atoms. The number of hydrogen-bond donors (Lipinski definition) is 1. The summed E-state index contributed by atoms with van der Waals surface area (Å²) in [4.78, 5) is 23.8. The van der Waals surface area contributed by atoms with Crippen molar-refractivity contribution in [1.82, 2.24) is 0 Å². The van der Waals surface area contributed by atoms with Crippen LogP contribution in [0.25, 0.3) is 0 Å². The summed E-state index contributed by atoms with van der Waals surface area (Å²) in [5, 5.41) is 2.71. The second-order valence-electron chi connectivity index (χ2n) is 5.67. The van der Waals surface area contributed by atoms with Crippen molar-refractivity contribution in [3.63, 3.8) is 0 Å². The lowest BCUT2D eigenvalue weighted by Gasteiger charge is -2.66. The fraction of sp³-hybridized carbons (Fsp3) is 0.429. The van der Waals surface area contributed by atoms with E-state index in [1.807, 2.05) is 0 Å². The van der Waals surface area contributed by atoms with Gasteiger partial charge in [-0.25, -0.2) is 4.39 Å². The number of rotatable bonds is 3. The second kappa shape index (κ2) is 4.28. The van der Waals surface area contributed by atoms with Gasteiger partial charge in [0.05, 0.1) is 22.4 Å². The molecule has 20 heavy (non-hydrogen) atoms. The Labute approximate surface area is 123 Å². The Morgan fingerprint density at radius 3 is 2.50 bits per heavy atom. The Morgan fingerprint density at radius 1 is 1.30 bits per heavy atom. The van der Waals surface area contributed by atoms with E-state index in [1.165, 1.54) is 13.2 Å². The van der Waals surface area contributed by atoms with E-state index in [4.69, 9.17) is 4.74 Å². The molecule has 3 aliphatic carbocycles. The van der Waals surface area contributed by atoms with Crippen LogP contribution in [-0.4, -0.2) is 19.0 Å². The summed E-state index contributed by atoms with van der Waals surface area (Å²) >= 11 is 3.06. The standard InChI is InChI=1S/C14H13BrFNO3/c1-20-12(19)14-5-13(6-14,7-14)11(18)17-8-2-3-9(15)10(16)4-8/h2-4H,5-7H2,1H3,(H,17,18). The maximum Gasteiger partial charge on any atom is 0.311 e. The summed E-state index contributed by atoms with van der Waals surface area (Å²) in [6, 6.07) is 4.44. The van der Waals surface area contributed by atoms with Crippen molar-refractivity contribution in [1.29, 1.82) is 0 Å². The lowest BCUT2D eigenvalue weighted by Crippen LogP contribution is -2.69. The third-order valence-electron chi connectivity index (χ3n) is 4.31. The van der Waals surface area contributed by atoms with Crippen LogP contribution in [0.5, 0.6) is 0 Å². The zero-order chi connectivity index (χ0) is 14.5. The van der Waals surface area contributed by atoms with Crippen molar-refractivity contribution in [3.05, 3.63) is 28.5 Å². The molecule has 0 spiro atoms. The molecule has 0 atom stereocenters. The van der Waals surface area contributed by atoms with Crippen LogP contribution in [0.4, 0.5) is 10.1 Å². The van der Waals surface area contributed by atoms with Crippen LogP contribution in [-0.2, 0) is 14.3 Å². The summed E-state index contributed by atoms with van der Waals surface area (Å²) in [5.74, 6) is -0.807. The highest BCUT2D eigenvalue weighted by atomic mass is 79.9. The van der Waals surface area contributed by atoms with E-state index in [0.29, 0.717) is 29.4 Å². The lowest BCUT2D eigenvalue weighted by atomic mass is 9.35. The van der Waals surface area contributed by atoms with Crippen LogP contribution in [0.3, 0.4) is 0 Å². The number of esters is 1. The number of amides is 1. The van der Waals surface area contributed by atoms with Crippen LogP contribution >= 0.6 is 15.9 Å². The number of ether oxygens (including phenoxy) is 1. The molecule has 6 heteroatoms. The first-order valence-electron chi connectivity index (χ1n) is 6.26. The highest BCUT2D eigenvalue weighted by Crippen LogP contribution is 2.73. The van der Waals surface area contributed by atoms with E-state index >= 15 is 0 Å². The third-order valence-corrected chi connectivity index (χ3v) is 4.95. The van der Waals surface area contributed by atoms with Crippen LogP contribution in [0.15, 0.2) is 22.7 Å². The van der Waals surface area contributed by atoms with E-state index < -0.39 is 16.6 Å². The normalized spacial score (nSPS) is 29.9. The summed E-state index contributed by atoms with van der Waals surface area (Å²) in [6.45, 7) is 0. The number of methoxy groups -OCH3 is 1. The van der Waals surface area contributed by atoms with Gasteiger partial charge in [0.2, 0.25) is 5.91 Å². The lowest BCUT2D eigenvalue weighted by molar-refractivity contribution is -0.220. The number of carbonyl (C=O) groups is 2. The number of nitrogens with one attached hydrogen (secondary N) is 1. The molecule has 0 radical (unpaired) electrons. The molecule has 3 fully saturated rings. The minimum atomic E-state index is -0.474. The van der Waals surface area contributed by atoms with Gasteiger partial charge in [0, 0.05) is 5.69 Å². The maximum atomic E-state index is 13.4. The van der Waals surface area contributed by atoms with Gasteiger partial charge in [0.1, 0.15) is 5.82 Å². The van der Waals surface area contributed by atoms with Gasteiger partial charge in [0.15, 0.2) is 0 Å². The van der Waals surface area contributed by atoms with Gasteiger partial charge in [0.25, 0.3) is 0 Å². The predicted octanol–water partition coefficient (Wildman–Crippen LogP) is 2.87. The van der Waals surface area contributed by atoms with Gasteiger partial charge in [-0.2, -0.15) is 0 Å². The van der Waals surface area contributed by atoms with Crippen molar-refractivity contribution < 1.29 is 18.7 Å². The minimum Gasteiger partial charge on any atom is -0.469 e. The number of halogens is 2. The van der Waals surface area contributed by atoms with Gasteiger partial charge in [-0.3, -0.25) is 9.59 Å². The third kappa shape index (κ3) is 1.78. The molecule has 3 aliphatic rings. The van der Waals surface area contributed by atoms with Gasteiger partial charge in [-0.05, 0) is 53.4 Å². The first kappa shape index (κ1) is 13.5. The zero-order valence-corrected chi connectivity index (χ0v) is 12.4.